The molecule has 2 amide bonds. The average molecular weight is 274 g/mol. The average Bonchev–Trinajstić information content (AvgIpc) is 3.12. The first-order valence-electron chi connectivity index (χ1n) is 6.96. The van der Waals surface area contributed by atoms with E-state index in [0.29, 0.717) is 19.5 Å². The minimum Gasteiger partial charge on any atom is -0.453 e. The maximum Gasteiger partial charge on any atom is 0.410 e. The standard InChI is InChI=1S/C15H18N2O3/c1-20-15(19)17-9-4-7-13(17)14(18)16-10-8-11-5-2-3-6-12(11)16/h2-3,5-6,13H,4,7-10H2,1H3. The lowest BCUT2D eigenvalue weighted by Gasteiger charge is -2.27. The van der Waals surface area contributed by atoms with Crippen molar-refractivity contribution in [2.75, 3.05) is 25.1 Å². The van der Waals surface area contributed by atoms with E-state index in [1.54, 1.807) is 9.80 Å². The predicted octanol–water partition coefficient (Wildman–Crippen LogP) is 1.81. The van der Waals surface area contributed by atoms with Gasteiger partial charge in [-0.05, 0) is 30.9 Å². The Kier molecular flexibility index (Phi) is 3.34. The van der Waals surface area contributed by atoms with Crippen LogP contribution in [-0.4, -0.2) is 43.1 Å². The molecule has 0 aromatic heterocycles. The predicted molar refractivity (Wildman–Crippen MR) is 74.6 cm³/mol. The smallest absolute Gasteiger partial charge is 0.410 e. The fourth-order valence-corrected chi connectivity index (χ4v) is 3.11. The molecule has 1 unspecified atom stereocenters. The molecule has 5 heteroatoms. The third kappa shape index (κ3) is 2.03. The summed E-state index contributed by atoms with van der Waals surface area (Å²) in [6.07, 6.45) is 2.04. The number of benzene rings is 1. The molecule has 1 aromatic carbocycles. The highest BCUT2D eigenvalue weighted by molar-refractivity contribution is 6.00. The molecule has 2 aliphatic heterocycles. The van der Waals surface area contributed by atoms with E-state index < -0.39 is 6.09 Å². The van der Waals surface area contributed by atoms with Crippen LogP contribution in [0.5, 0.6) is 0 Å². The van der Waals surface area contributed by atoms with Crippen molar-refractivity contribution in [3.05, 3.63) is 29.8 Å². The van der Waals surface area contributed by atoms with Gasteiger partial charge >= 0.3 is 6.09 Å². The summed E-state index contributed by atoms with van der Waals surface area (Å²) in [5.74, 6) is 0.0119. The first-order chi connectivity index (χ1) is 9.72. The Balaban J connectivity index is 1.82. The molecule has 20 heavy (non-hydrogen) atoms. The maximum atomic E-state index is 12.7. The maximum absolute atomic E-state index is 12.7. The van der Waals surface area contributed by atoms with Crippen LogP contribution in [0.2, 0.25) is 0 Å². The molecular formula is C15H18N2O3. The summed E-state index contributed by atoms with van der Waals surface area (Å²) in [6, 6.07) is 7.57. The second kappa shape index (κ2) is 5.15. The summed E-state index contributed by atoms with van der Waals surface area (Å²) in [5.41, 5.74) is 2.18. The second-order valence-corrected chi connectivity index (χ2v) is 5.19. The summed E-state index contributed by atoms with van der Waals surface area (Å²) in [6.45, 7) is 1.29. The van der Waals surface area contributed by atoms with Gasteiger partial charge in [-0.25, -0.2) is 4.79 Å². The lowest BCUT2D eigenvalue weighted by molar-refractivity contribution is -0.122. The minimum absolute atomic E-state index is 0.0119. The molecule has 0 bridgehead atoms. The Morgan fingerprint density at radius 2 is 2.05 bits per heavy atom. The molecule has 106 valence electrons. The zero-order chi connectivity index (χ0) is 14.1. The highest BCUT2D eigenvalue weighted by Gasteiger charge is 2.39. The van der Waals surface area contributed by atoms with Crippen LogP contribution in [0.3, 0.4) is 0 Å². The van der Waals surface area contributed by atoms with Crippen LogP contribution in [0.15, 0.2) is 24.3 Å². The first kappa shape index (κ1) is 13.0. The van der Waals surface area contributed by atoms with Crippen LogP contribution in [0.1, 0.15) is 18.4 Å². The number of carbonyl (C=O) groups is 2. The van der Waals surface area contributed by atoms with E-state index in [-0.39, 0.29) is 11.9 Å². The number of hydrogen-bond acceptors (Lipinski definition) is 3. The Labute approximate surface area is 118 Å². The quantitative estimate of drug-likeness (QED) is 0.784. The number of ether oxygens (including phenoxy) is 1. The lowest BCUT2D eigenvalue weighted by Crippen LogP contribution is -2.47. The van der Waals surface area contributed by atoms with Crippen molar-refractivity contribution in [2.45, 2.75) is 25.3 Å². The van der Waals surface area contributed by atoms with E-state index in [4.69, 9.17) is 4.74 Å². The molecule has 0 N–H and O–H groups in total. The van der Waals surface area contributed by atoms with Gasteiger partial charge in [0.05, 0.1) is 7.11 Å². The number of carbonyl (C=O) groups excluding carboxylic acids is 2. The molecule has 0 aliphatic carbocycles. The number of likely N-dealkylation sites (tertiary alicyclic amines) is 1. The Morgan fingerprint density at radius 1 is 1.25 bits per heavy atom. The van der Waals surface area contributed by atoms with Crippen molar-refractivity contribution >= 4 is 17.7 Å². The summed E-state index contributed by atoms with van der Waals surface area (Å²) in [4.78, 5) is 27.8. The molecule has 2 heterocycles. The van der Waals surface area contributed by atoms with E-state index in [1.165, 1.54) is 12.7 Å². The van der Waals surface area contributed by atoms with Gasteiger partial charge < -0.3 is 9.64 Å². The number of rotatable bonds is 1. The molecule has 0 saturated carbocycles. The van der Waals surface area contributed by atoms with Crippen LogP contribution in [-0.2, 0) is 16.0 Å². The van der Waals surface area contributed by atoms with E-state index in [2.05, 4.69) is 6.07 Å². The van der Waals surface area contributed by atoms with Gasteiger partial charge in [0, 0.05) is 18.8 Å². The third-order valence-electron chi connectivity index (χ3n) is 4.10. The molecule has 0 radical (unpaired) electrons. The van der Waals surface area contributed by atoms with E-state index >= 15 is 0 Å². The van der Waals surface area contributed by atoms with Crippen LogP contribution in [0.25, 0.3) is 0 Å². The van der Waals surface area contributed by atoms with E-state index in [9.17, 15) is 9.59 Å². The minimum atomic E-state index is -0.409. The van der Waals surface area contributed by atoms with Crippen molar-refractivity contribution in [2.24, 2.45) is 0 Å². The Hall–Kier alpha value is -2.04. The molecule has 1 fully saturated rings. The van der Waals surface area contributed by atoms with Gasteiger partial charge in [-0.3, -0.25) is 9.69 Å². The number of para-hydroxylation sites is 1. The number of hydrogen-bond donors (Lipinski definition) is 0. The van der Waals surface area contributed by atoms with Crippen molar-refractivity contribution < 1.29 is 14.3 Å². The van der Waals surface area contributed by atoms with Gasteiger partial charge in [0.15, 0.2) is 0 Å². The molecule has 3 rings (SSSR count). The van der Waals surface area contributed by atoms with Crippen molar-refractivity contribution in [3.63, 3.8) is 0 Å². The number of nitrogens with zero attached hydrogens (tertiary/aromatic N) is 2. The molecular weight excluding hydrogens is 256 g/mol. The second-order valence-electron chi connectivity index (χ2n) is 5.19. The zero-order valence-corrected chi connectivity index (χ0v) is 11.5. The fourth-order valence-electron chi connectivity index (χ4n) is 3.11. The van der Waals surface area contributed by atoms with Gasteiger partial charge in [-0.15, -0.1) is 0 Å². The molecule has 1 aromatic rings. The third-order valence-corrected chi connectivity index (χ3v) is 4.10. The summed E-state index contributed by atoms with van der Waals surface area (Å²) in [7, 11) is 1.35. The molecule has 0 spiro atoms. The van der Waals surface area contributed by atoms with Crippen LogP contribution in [0, 0.1) is 0 Å². The Morgan fingerprint density at radius 3 is 2.85 bits per heavy atom. The number of methoxy groups -OCH3 is 1. The van der Waals surface area contributed by atoms with Gasteiger partial charge in [-0.1, -0.05) is 18.2 Å². The van der Waals surface area contributed by atoms with E-state index in [0.717, 1.165) is 18.5 Å². The van der Waals surface area contributed by atoms with Crippen LogP contribution < -0.4 is 4.90 Å². The van der Waals surface area contributed by atoms with Gasteiger partial charge in [-0.2, -0.15) is 0 Å². The highest BCUT2D eigenvalue weighted by atomic mass is 16.5. The lowest BCUT2D eigenvalue weighted by atomic mass is 10.1. The summed E-state index contributed by atoms with van der Waals surface area (Å²) >= 11 is 0. The normalized spacial score (nSPS) is 20.9. The van der Waals surface area contributed by atoms with Crippen LogP contribution in [0.4, 0.5) is 10.5 Å². The SMILES string of the molecule is COC(=O)N1CCCC1C(=O)N1CCc2ccccc21. The largest absolute Gasteiger partial charge is 0.453 e. The van der Waals surface area contributed by atoms with Gasteiger partial charge in [0.2, 0.25) is 5.91 Å². The molecule has 1 atom stereocenters. The van der Waals surface area contributed by atoms with Gasteiger partial charge in [0.25, 0.3) is 0 Å². The molecule has 5 nitrogen and oxygen atoms in total. The zero-order valence-electron chi connectivity index (χ0n) is 11.5. The number of anilines is 1. The number of amides is 2. The summed E-state index contributed by atoms with van der Waals surface area (Å²) in [5, 5.41) is 0. The van der Waals surface area contributed by atoms with Gasteiger partial charge in [0.1, 0.15) is 6.04 Å². The highest BCUT2D eigenvalue weighted by Crippen LogP contribution is 2.30. The monoisotopic (exact) mass is 274 g/mol. The van der Waals surface area contributed by atoms with Crippen molar-refractivity contribution in [1.29, 1.82) is 0 Å². The topological polar surface area (TPSA) is 49.9 Å². The van der Waals surface area contributed by atoms with Crippen molar-refractivity contribution in [3.8, 4) is 0 Å². The van der Waals surface area contributed by atoms with E-state index in [1.807, 2.05) is 18.2 Å². The first-order valence-corrected chi connectivity index (χ1v) is 6.96. The number of fused-ring (bicyclic) bond motifs is 1. The molecule has 2 aliphatic rings. The van der Waals surface area contributed by atoms with Crippen molar-refractivity contribution in [1.82, 2.24) is 4.90 Å². The van der Waals surface area contributed by atoms with Crippen LogP contribution >= 0.6 is 0 Å². The fraction of sp³-hybridized carbons (Fsp3) is 0.467. The Bertz CT molecular complexity index is 544. The molecule has 1 saturated heterocycles. The summed E-state index contributed by atoms with van der Waals surface area (Å²) < 4.78 is 4.76.